The molecule has 0 heterocycles. The van der Waals surface area contributed by atoms with E-state index < -0.39 is 0 Å². The highest BCUT2D eigenvalue weighted by Crippen LogP contribution is 2.19. The molecule has 0 atom stereocenters. The standard InChI is InChI=1S/C7H6BrCl.C2H6/c1-5-4-6(8)2-3-7(5)9;1-2/h2-4H,1H3;1-2H3. The second-order valence-electron chi connectivity index (χ2n) is 1.89. The van der Waals surface area contributed by atoms with E-state index in [9.17, 15) is 0 Å². The molecule has 0 aromatic heterocycles. The summed E-state index contributed by atoms with van der Waals surface area (Å²) in [5, 5.41) is 0.818. The minimum absolute atomic E-state index is 0.818. The lowest BCUT2D eigenvalue weighted by Gasteiger charge is -1.95. The Hall–Kier alpha value is -0.0100. The van der Waals surface area contributed by atoms with E-state index in [-0.39, 0.29) is 0 Å². The Morgan fingerprint density at radius 3 is 2.18 bits per heavy atom. The number of hydrogen-bond acceptors (Lipinski definition) is 0. The fraction of sp³-hybridized carbons (Fsp3) is 0.333. The van der Waals surface area contributed by atoms with Gasteiger partial charge >= 0.3 is 0 Å². The summed E-state index contributed by atoms with van der Waals surface area (Å²) in [5.74, 6) is 0. The zero-order chi connectivity index (χ0) is 8.85. The molecule has 0 N–H and O–H groups in total. The van der Waals surface area contributed by atoms with Gasteiger partial charge in [0.1, 0.15) is 0 Å². The molecule has 0 amide bonds. The zero-order valence-corrected chi connectivity index (χ0v) is 9.33. The molecule has 0 aliphatic heterocycles. The van der Waals surface area contributed by atoms with Crippen LogP contribution in [0.5, 0.6) is 0 Å². The topological polar surface area (TPSA) is 0 Å². The van der Waals surface area contributed by atoms with E-state index in [1.165, 1.54) is 0 Å². The average Bonchev–Trinajstić information content (AvgIpc) is 2.02. The van der Waals surface area contributed by atoms with Crippen LogP contribution in [0.2, 0.25) is 5.02 Å². The quantitative estimate of drug-likeness (QED) is 0.624. The van der Waals surface area contributed by atoms with Gasteiger partial charge in [0.25, 0.3) is 0 Å². The summed E-state index contributed by atoms with van der Waals surface area (Å²) in [6.07, 6.45) is 0. The van der Waals surface area contributed by atoms with Gasteiger partial charge in [-0.05, 0) is 30.7 Å². The molecule has 1 aromatic carbocycles. The monoisotopic (exact) mass is 234 g/mol. The summed E-state index contributed by atoms with van der Waals surface area (Å²) in [5.41, 5.74) is 1.10. The first-order valence-corrected chi connectivity index (χ1v) is 4.79. The molecule has 1 rings (SSSR count). The van der Waals surface area contributed by atoms with Crippen molar-refractivity contribution >= 4 is 27.5 Å². The van der Waals surface area contributed by atoms with Crippen molar-refractivity contribution in [1.29, 1.82) is 0 Å². The van der Waals surface area contributed by atoms with Crippen LogP contribution in [0.3, 0.4) is 0 Å². The highest BCUT2D eigenvalue weighted by atomic mass is 79.9. The number of hydrogen-bond donors (Lipinski definition) is 0. The molecule has 62 valence electrons. The lowest BCUT2D eigenvalue weighted by atomic mass is 10.2. The molecule has 0 fully saturated rings. The summed E-state index contributed by atoms with van der Waals surface area (Å²) in [4.78, 5) is 0. The molecule has 0 saturated heterocycles. The smallest absolute Gasteiger partial charge is 0.0435 e. The fourth-order valence-electron chi connectivity index (χ4n) is 0.608. The maximum Gasteiger partial charge on any atom is 0.0435 e. The van der Waals surface area contributed by atoms with Crippen LogP contribution in [0.25, 0.3) is 0 Å². The van der Waals surface area contributed by atoms with E-state index in [4.69, 9.17) is 11.6 Å². The molecule has 0 bridgehead atoms. The van der Waals surface area contributed by atoms with Gasteiger partial charge in [0, 0.05) is 9.50 Å². The minimum atomic E-state index is 0.818. The van der Waals surface area contributed by atoms with Gasteiger partial charge in [0.15, 0.2) is 0 Å². The first-order chi connectivity index (χ1) is 5.20. The van der Waals surface area contributed by atoms with E-state index in [1.807, 2.05) is 39.0 Å². The van der Waals surface area contributed by atoms with Crippen LogP contribution in [-0.4, -0.2) is 0 Å². The van der Waals surface area contributed by atoms with Crippen LogP contribution in [0.1, 0.15) is 19.4 Å². The van der Waals surface area contributed by atoms with Crippen LogP contribution in [0.4, 0.5) is 0 Å². The average molecular weight is 236 g/mol. The Labute approximate surface area is 81.7 Å². The molecule has 0 spiro atoms. The van der Waals surface area contributed by atoms with Crippen LogP contribution in [-0.2, 0) is 0 Å². The third kappa shape index (κ3) is 3.78. The Kier molecular flexibility index (Phi) is 5.61. The van der Waals surface area contributed by atoms with Crippen molar-refractivity contribution in [3.05, 3.63) is 33.3 Å². The summed E-state index contributed by atoms with van der Waals surface area (Å²) in [7, 11) is 0. The van der Waals surface area contributed by atoms with E-state index in [1.54, 1.807) is 0 Å². The Bertz CT molecular complexity index is 221. The van der Waals surface area contributed by atoms with Crippen molar-refractivity contribution < 1.29 is 0 Å². The third-order valence-corrected chi connectivity index (χ3v) is 2.04. The van der Waals surface area contributed by atoms with Crippen molar-refractivity contribution in [1.82, 2.24) is 0 Å². The molecule has 0 nitrogen and oxygen atoms in total. The first-order valence-electron chi connectivity index (χ1n) is 3.62. The SMILES string of the molecule is CC.Cc1cc(Br)ccc1Cl. The Morgan fingerprint density at radius 2 is 1.82 bits per heavy atom. The maximum atomic E-state index is 5.76. The fourth-order valence-corrected chi connectivity index (χ4v) is 1.20. The van der Waals surface area contributed by atoms with Gasteiger partial charge < -0.3 is 0 Å². The predicted octanol–water partition coefficient (Wildman–Crippen LogP) is 4.44. The molecular weight excluding hydrogens is 223 g/mol. The normalized spacial score (nSPS) is 8.45. The summed E-state index contributed by atoms with van der Waals surface area (Å²) in [6.45, 7) is 5.98. The molecule has 0 aliphatic carbocycles. The van der Waals surface area contributed by atoms with Crippen molar-refractivity contribution in [2.45, 2.75) is 20.8 Å². The van der Waals surface area contributed by atoms with Crippen molar-refractivity contribution in [3.63, 3.8) is 0 Å². The number of rotatable bonds is 0. The molecule has 0 saturated carbocycles. The first kappa shape index (κ1) is 11.0. The third-order valence-electron chi connectivity index (χ3n) is 1.12. The van der Waals surface area contributed by atoms with E-state index in [0.717, 1.165) is 15.1 Å². The second kappa shape index (κ2) is 5.62. The van der Waals surface area contributed by atoms with Gasteiger partial charge in [-0.3, -0.25) is 0 Å². The van der Waals surface area contributed by atoms with Gasteiger partial charge in [-0.2, -0.15) is 0 Å². The number of halogens is 2. The molecule has 0 unspecified atom stereocenters. The Morgan fingerprint density at radius 1 is 1.27 bits per heavy atom. The maximum absolute atomic E-state index is 5.76. The van der Waals surface area contributed by atoms with Crippen molar-refractivity contribution in [2.75, 3.05) is 0 Å². The number of aryl methyl sites for hydroxylation is 1. The molecule has 2 heteroatoms. The van der Waals surface area contributed by atoms with Gasteiger partial charge in [-0.1, -0.05) is 41.4 Å². The molecule has 0 aliphatic rings. The van der Waals surface area contributed by atoms with Gasteiger partial charge in [-0.15, -0.1) is 0 Å². The molecule has 1 aromatic rings. The largest absolute Gasteiger partial charge is 0.0841 e. The summed E-state index contributed by atoms with van der Waals surface area (Å²) < 4.78 is 1.07. The Balaban J connectivity index is 0.000000461. The summed E-state index contributed by atoms with van der Waals surface area (Å²) in [6, 6.07) is 5.79. The molecule has 0 radical (unpaired) electrons. The predicted molar refractivity (Wildman–Crippen MR) is 55.2 cm³/mol. The van der Waals surface area contributed by atoms with Crippen LogP contribution < -0.4 is 0 Å². The minimum Gasteiger partial charge on any atom is -0.0841 e. The van der Waals surface area contributed by atoms with Crippen molar-refractivity contribution in [3.8, 4) is 0 Å². The van der Waals surface area contributed by atoms with E-state index in [2.05, 4.69) is 15.9 Å². The van der Waals surface area contributed by atoms with E-state index in [0.29, 0.717) is 0 Å². The van der Waals surface area contributed by atoms with Gasteiger partial charge in [0.05, 0.1) is 0 Å². The van der Waals surface area contributed by atoms with Crippen LogP contribution in [0.15, 0.2) is 22.7 Å². The summed E-state index contributed by atoms with van der Waals surface area (Å²) >= 11 is 9.10. The highest BCUT2D eigenvalue weighted by molar-refractivity contribution is 9.10. The van der Waals surface area contributed by atoms with Gasteiger partial charge in [0.2, 0.25) is 0 Å². The second-order valence-corrected chi connectivity index (χ2v) is 3.22. The van der Waals surface area contributed by atoms with E-state index >= 15 is 0 Å². The van der Waals surface area contributed by atoms with Crippen LogP contribution in [0, 0.1) is 6.92 Å². The molecule has 11 heavy (non-hydrogen) atoms. The number of benzene rings is 1. The zero-order valence-electron chi connectivity index (χ0n) is 6.99. The molecular formula is C9H12BrCl. The lowest BCUT2D eigenvalue weighted by Crippen LogP contribution is -1.72. The highest BCUT2D eigenvalue weighted by Gasteiger charge is 1.92. The lowest BCUT2D eigenvalue weighted by molar-refractivity contribution is 1.45. The van der Waals surface area contributed by atoms with Crippen LogP contribution >= 0.6 is 27.5 Å². The van der Waals surface area contributed by atoms with Gasteiger partial charge in [-0.25, -0.2) is 0 Å². The van der Waals surface area contributed by atoms with Crippen molar-refractivity contribution in [2.24, 2.45) is 0 Å².